The van der Waals surface area contributed by atoms with Gasteiger partial charge >= 0.3 is 5.97 Å². The van der Waals surface area contributed by atoms with Gasteiger partial charge in [-0.25, -0.2) is 4.79 Å². The van der Waals surface area contributed by atoms with Gasteiger partial charge in [-0.1, -0.05) is 20.3 Å². The van der Waals surface area contributed by atoms with E-state index in [0.29, 0.717) is 5.92 Å². The van der Waals surface area contributed by atoms with Crippen molar-refractivity contribution in [2.45, 2.75) is 59.2 Å². The monoisotopic (exact) mass is 202 g/mol. The summed E-state index contributed by atoms with van der Waals surface area (Å²) in [6.07, 6.45) is 1.42. The number of hydrogen-bond donors (Lipinski definition) is 1. The van der Waals surface area contributed by atoms with Gasteiger partial charge in [-0.3, -0.25) is 0 Å². The smallest absolute Gasteiger partial charge is 0.332 e. The normalized spacial score (nSPS) is 16.4. The first-order valence-electron chi connectivity index (χ1n) is 5.21. The van der Waals surface area contributed by atoms with E-state index in [-0.39, 0.29) is 5.60 Å². The van der Waals surface area contributed by atoms with Gasteiger partial charge in [0.2, 0.25) is 0 Å². The average molecular weight is 202 g/mol. The van der Waals surface area contributed by atoms with Crippen LogP contribution in [0.5, 0.6) is 0 Å². The fraction of sp³-hybridized carbons (Fsp3) is 0.909. The zero-order chi connectivity index (χ0) is 11.4. The Kier molecular flexibility index (Phi) is 5.13. The Labute approximate surface area is 86.5 Å². The van der Waals surface area contributed by atoms with Gasteiger partial charge < -0.3 is 9.84 Å². The summed E-state index contributed by atoms with van der Waals surface area (Å²) in [4.78, 5) is 10.6. The Hall–Kier alpha value is -0.570. The van der Waals surface area contributed by atoms with Crippen molar-refractivity contribution < 1.29 is 14.6 Å². The predicted octanol–water partition coefficient (Wildman–Crippen LogP) is 2.69. The van der Waals surface area contributed by atoms with Crippen LogP contribution in [0, 0.1) is 5.92 Å². The highest BCUT2D eigenvalue weighted by molar-refractivity contribution is 5.71. The molecule has 0 fully saturated rings. The zero-order valence-corrected chi connectivity index (χ0v) is 9.83. The summed E-state index contributed by atoms with van der Waals surface area (Å²) in [7, 11) is 0. The number of carboxylic acid groups (broad SMARTS) is 1. The van der Waals surface area contributed by atoms with E-state index in [1.54, 1.807) is 6.92 Å². The van der Waals surface area contributed by atoms with Crippen molar-refractivity contribution in [2.75, 3.05) is 0 Å². The molecule has 0 bridgehead atoms. The molecule has 3 nitrogen and oxygen atoms in total. The fourth-order valence-corrected chi connectivity index (χ4v) is 1.40. The molecule has 0 radical (unpaired) electrons. The lowest BCUT2D eigenvalue weighted by molar-refractivity contribution is -0.164. The third-order valence-electron chi connectivity index (χ3n) is 2.74. The van der Waals surface area contributed by atoms with Crippen molar-refractivity contribution in [1.82, 2.24) is 0 Å². The van der Waals surface area contributed by atoms with E-state index in [9.17, 15) is 4.79 Å². The van der Waals surface area contributed by atoms with Crippen LogP contribution in [-0.2, 0) is 9.53 Å². The van der Waals surface area contributed by atoms with Crippen LogP contribution in [0.2, 0.25) is 0 Å². The van der Waals surface area contributed by atoms with E-state index in [4.69, 9.17) is 9.84 Å². The highest BCUT2D eigenvalue weighted by Gasteiger charge is 2.30. The van der Waals surface area contributed by atoms with Crippen LogP contribution >= 0.6 is 0 Å². The first kappa shape index (κ1) is 13.4. The maximum absolute atomic E-state index is 10.6. The van der Waals surface area contributed by atoms with Gasteiger partial charge in [0.25, 0.3) is 0 Å². The van der Waals surface area contributed by atoms with Crippen LogP contribution in [0.15, 0.2) is 0 Å². The molecular weight excluding hydrogens is 180 g/mol. The quantitative estimate of drug-likeness (QED) is 0.720. The Morgan fingerprint density at radius 2 is 1.93 bits per heavy atom. The molecule has 0 aliphatic carbocycles. The van der Waals surface area contributed by atoms with E-state index < -0.39 is 12.1 Å². The number of carbonyl (C=O) groups is 1. The summed E-state index contributed by atoms with van der Waals surface area (Å²) in [6.45, 7) is 9.69. The fourth-order valence-electron chi connectivity index (χ4n) is 1.40. The Morgan fingerprint density at radius 1 is 1.43 bits per heavy atom. The van der Waals surface area contributed by atoms with Gasteiger partial charge in [0.1, 0.15) is 0 Å². The summed E-state index contributed by atoms with van der Waals surface area (Å²) < 4.78 is 5.51. The third-order valence-corrected chi connectivity index (χ3v) is 2.74. The van der Waals surface area contributed by atoms with Crippen molar-refractivity contribution in [1.29, 1.82) is 0 Å². The minimum atomic E-state index is -0.901. The lowest BCUT2D eigenvalue weighted by Crippen LogP contribution is -2.38. The standard InChI is InChI=1S/C11H22O3/c1-6-7-8(2)11(4,5)14-9(3)10(12)13/h8-9H,6-7H2,1-5H3,(H,12,13). The molecular formula is C11H22O3. The number of aliphatic carboxylic acids is 1. The summed E-state index contributed by atoms with van der Waals surface area (Å²) >= 11 is 0. The molecule has 2 unspecified atom stereocenters. The molecule has 84 valence electrons. The summed E-state index contributed by atoms with van der Waals surface area (Å²) in [5.74, 6) is -0.531. The van der Waals surface area contributed by atoms with E-state index >= 15 is 0 Å². The maximum atomic E-state index is 10.6. The maximum Gasteiger partial charge on any atom is 0.332 e. The van der Waals surface area contributed by atoms with Gasteiger partial charge in [-0.2, -0.15) is 0 Å². The summed E-state index contributed by atoms with van der Waals surface area (Å²) in [5.41, 5.74) is -0.367. The van der Waals surface area contributed by atoms with E-state index in [1.165, 1.54) is 0 Å². The largest absolute Gasteiger partial charge is 0.479 e. The van der Waals surface area contributed by atoms with E-state index in [2.05, 4.69) is 13.8 Å². The minimum Gasteiger partial charge on any atom is -0.479 e. The second-order valence-corrected chi connectivity index (χ2v) is 4.39. The topological polar surface area (TPSA) is 46.5 Å². The zero-order valence-electron chi connectivity index (χ0n) is 9.83. The van der Waals surface area contributed by atoms with Crippen molar-refractivity contribution in [3.05, 3.63) is 0 Å². The molecule has 0 aromatic rings. The highest BCUT2D eigenvalue weighted by Crippen LogP contribution is 2.26. The molecule has 0 aliphatic rings. The second kappa shape index (κ2) is 5.35. The van der Waals surface area contributed by atoms with Crippen LogP contribution in [-0.4, -0.2) is 22.8 Å². The Morgan fingerprint density at radius 3 is 2.29 bits per heavy atom. The molecule has 0 aliphatic heterocycles. The number of hydrogen-bond acceptors (Lipinski definition) is 2. The molecule has 0 rings (SSSR count). The SMILES string of the molecule is CCCC(C)C(C)(C)OC(C)C(=O)O. The van der Waals surface area contributed by atoms with Crippen LogP contribution in [0.3, 0.4) is 0 Å². The molecule has 0 amide bonds. The second-order valence-electron chi connectivity index (χ2n) is 4.39. The van der Waals surface area contributed by atoms with Crippen molar-refractivity contribution in [2.24, 2.45) is 5.92 Å². The Balaban J connectivity index is 4.24. The van der Waals surface area contributed by atoms with Crippen molar-refractivity contribution in [3.8, 4) is 0 Å². The highest BCUT2D eigenvalue weighted by atomic mass is 16.5. The average Bonchev–Trinajstić information content (AvgIpc) is 2.03. The van der Waals surface area contributed by atoms with Crippen LogP contribution in [0.25, 0.3) is 0 Å². The van der Waals surface area contributed by atoms with Crippen molar-refractivity contribution >= 4 is 5.97 Å². The molecule has 3 heteroatoms. The Bertz CT molecular complexity index is 187. The molecule has 2 atom stereocenters. The lowest BCUT2D eigenvalue weighted by atomic mass is 9.88. The van der Waals surface area contributed by atoms with E-state index in [1.807, 2.05) is 13.8 Å². The van der Waals surface area contributed by atoms with E-state index in [0.717, 1.165) is 12.8 Å². The third kappa shape index (κ3) is 4.09. The molecule has 1 N–H and O–H groups in total. The van der Waals surface area contributed by atoms with Gasteiger partial charge in [0.05, 0.1) is 5.60 Å². The lowest BCUT2D eigenvalue weighted by Gasteiger charge is -2.33. The van der Waals surface area contributed by atoms with Crippen LogP contribution in [0.1, 0.15) is 47.5 Å². The predicted molar refractivity (Wildman–Crippen MR) is 56.3 cm³/mol. The number of rotatable bonds is 6. The van der Waals surface area contributed by atoms with Crippen molar-refractivity contribution in [3.63, 3.8) is 0 Å². The molecule has 0 saturated heterocycles. The van der Waals surface area contributed by atoms with Gasteiger partial charge in [0, 0.05) is 0 Å². The van der Waals surface area contributed by atoms with Gasteiger partial charge in [-0.15, -0.1) is 0 Å². The molecule has 0 aromatic carbocycles. The minimum absolute atomic E-state index is 0.367. The first-order valence-corrected chi connectivity index (χ1v) is 5.21. The first-order chi connectivity index (χ1) is 6.31. The molecule has 0 aromatic heterocycles. The van der Waals surface area contributed by atoms with Gasteiger partial charge in [-0.05, 0) is 33.1 Å². The summed E-state index contributed by atoms with van der Waals surface area (Å²) in [5, 5.41) is 8.73. The summed E-state index contributed by atoms with van der Waals surface area (Å²) in [6, 6.07) is 0. The molecule has 0 saturated carbocycles. The number of ether oxygens (including phenoxy) is 1. The van der Waals surface area contributed by atoms with Crippen LogP contribution < -0.4 is 0 Å². The van der Waals surface area contributed by atoms with Gasteiger partial charge in [0.15, 0.2) is 6.10 Å². The molecule has 0 heterocycles. The molecule has 0 spiro atoms. The van der Waals surface area contributed by atoms with Crippen LogP contribution in [0.4, 0.5) is 0 Å². The molecule has 14 heavy (non-hydrogen) atoms. The number of carboxylic acids is 1.